The predicted octanol–water partition coefficient (Wildman–Crippen LogP) is 2.31. The lowest BCUT2D eigenvalue weighted by molar-refractivity contribution is 0.0623. The summed E-state index contributed by atoms with van der Waals surface area (Å²) in [7, 11) is 0. The highest BCUT2D eigenvalue weighted by Gasteiger charge is 2.24. The van der Waals surface area contributed by atoms with Gasteiger partial charge in [0.2, 0.25) is 0 Å². The number of piperazine rings is 1. The summed E-state index contributed by atoms with van der Waals surface area (Å²) in [6, 6.07) is 3.71. The van der Waals surface area contributed by atoms with Gasteiger partial charge in [-0.15, -0.1) is 11.3 Å². The van der Waals surface area contributed by atoms with Crippen molar-refractivity contribution >= 4 is 17.2 Å². The summed E-state index contributed by atoms with van der Waals surface area (Å²) in [5.74, 6) is 0.111. The van der Waals surface area contributed by atoms with Crippen molar-refractivity contribution in [2.45, 2.75) is 32.2 Å². The molecule has 1 amide bonds. The van der Waals surface area contributed by atoms with Gasteiger partial charge in [-0.05, 0) is 37.8 Å². The number of nitrogens with zero attached hydrogens (tertiary/aromatic N) is 3. The van der Waals surface area contributed by atoms with Crippen LogP contribution >= 0.6 is 11.3 Å². The highest BCUT2D eigenvalue weighted by Crippen LogP contribution is 2.27. The first kappa shape index (κ1) is 14.9. The third kappa shape index (κ3) is 3.19. The molecule has 0 atom stereocenters. The zero-order valence-electron chi connectivity index (χ0n) is 13.3. The van der Waals surface area contributed by atoms with Crippen LogP contribution in [-0.2, 0) is 19.4 Å². The highest BCUT2D eigenvalue weighted by molar-refractivity contribution is 7.11. The summed E-state index contributed by atoms with van der Waals surface area (Å²) in [6.45, 7) is 4.38. The van der Waals surface area contributed by atoms with E-state index in [1.165, 1.54) is 34.8 Å². The maximum Gasteiger partial charge on any atom is 0.270 e. The normalized spacial score (nSPS) is 18.9. The van der Waals surface area contributed by atoms with E-state index in [2.05, 4.69) is 9.88 Å². The summed E-state index contributed by atoms with van der Waals surface area (Å²) >= 11 is 1.90. The molecule has 0 spiro atoms. The van der Waals surface area contributed by atoms with Gasteiger partial charge < -0.3 is 9.88 Å². The Morgan fingerprint density at radius 3 is 2.78 bits per heavy atom. The summed E-state index contributed by atoms with van der Waals surface area (Å²) in [6.07, 6.45) is 6.77. The Balaban J connectivity index is 1.33. The lowest BCUT2D eigenvalue weighted by Crippen LogP contribution is -2.48. The lowest BCUT2D eigenvalue weighted by Gasteiger charge is -2.34. The number of H-pyrrole nitrogens is 1. The van der Waals surface area contributed by atoms with Crippen molar-refractivity contribution in [3.05, 3.63) is 39.6 Å². The summed E-state index contributed by atoms with van der Waals surface area (Å²) < 4.78 is 0. The molecule has 4 rings (SSSR count). The number of hydrogen-bond donors (Lipinski definition) is 1. The molecule has 0 unspecified atom stereocenters. The number of amides is 1. The van der Waals surface area contributed by atoms with E-state index in [9.17, 15) is 4.79 Å². The van der Waals surface area contributed by atoms with Crippen molar-refractivity contribution in [2.24, 2.45) is 0 Å². The molecule has 1 fully saturated rings. The number of aryl methyl sites for hydroxylation is 2. The maximum absolute atomic E-state index is 12.3. The van der Waals surface area contributed by atoms with Crippen molar-refractivity contribution in [3.63, 3.8) is 0 Å². The largest absolute Gasteiger partial charge is 0.357 e. The van der Waals surface area contributed by atoms with E-state index < -0.39 is 0 Å². The Morgan fingerprint density at radius 2 is 2.04 bits per heavy atom. The molecule has 2 aromatic rings. The van der Waals surface area contributed by atoms with Crippen LogP contribution in [0.1, 0.15) is 38.9 Å². The quantitative estimate of drug-likeness (QED) is 0.939. The van der Waals surface area contributed by atoms with Gasteiger partial charge in [-0.2, -0.15) is 0 Å². The number of aromatic amines is 1. The molecule has 5 nitrogen and oxygen atoms in total. The Kier molecular flexibility index (Phi) is 4.18. The first-order valence-electron chi connectivity index (χ1n) is 8.42. The molecule has 3 heterocycles. The fourth-order valence-corrected chi connectivity index (χ4v) is 4.61. The average Bonchev–Trinajstić information content (AvgIpc) is 3.24. The number of carbonyl (C=O) groups excluding carboxylic acids is 1. The first-order chi connectivity index (χ1) is 11.3. The zero-order valence-corrected chi connectivity index (χ0v) is 14.1. The minimum absolute atomic E-state index is 0.111. The number of rotatable bonds is 3. The van der Waals surface area contributed by atoms with Crippen molar-refractivity contribution in [3.8, 4) is 0 Å². The predicted molar refractivity (Wildman–Crippen MR) is 90.7 cm³/mol. The fourth-order valence-electron chi connectivity index (χ4n) is 3.41. The molecule has 1 saturated heterocycles. The van der Waals surface area contributed by atoms with Crippen molar-refractivity contribution in [2.75, 3.05) is 26.2 Å². The van der Waals surface area contributed by atoms with Crippen LogP contribution < -0.4 is 0 Å². The molecular formula is C17H22N4OS. The molecule has 1 aliphatic heterocycles. The summed E-state index contributed by atoms with van der Waals surface area (Å²) in [5, 5.41) is 1.25. The van der Waals surface area contributed by atoms with E-state index in [1.54, 1.807) is 6.20 Å². The molecule has 122 valence electrons. The third-order valence-electron chi connectivity index (χ3n) is 4.74. The molecule has 0 bridgehead atoms. The zero-order chi connectivity index (χ0) is 15.6. The summed E-state index contributed by atoms with van der Waals surface area (Å²) in [4.78, 5) is 26.0. The van der Waals surface area contributed by atoms with Crippen LogP contribution in [0.2, 0.25) is 0 Å². The van der Waals surface area contributed by atoms with Gasteiger partial charge in [-0.3, -0.25) is 9.69 Å². The molecule has 2 aromatic heterocycles. The van der Waals surface area contributed by atoms with Crippen LogP contribution in [-0.4, -0.2) is 51.9 Å². The SMILES string of the molecule is O=C(c1ccc[nH]1)N1CCN(Cc2nc3c(s2)CCCC3)CC1. The van der Waals surface area contributed by atoms with Gasteiger partial charge in [-0.25, -0.2) is 4.98 Å². The van der Waals surface area contributed by atoms with Gasteiger partial charge in [-0.1, -0.05) is 0 Å². The van der Waals surface area contributed by atoms with Crippen LogP contribution in [0.15, 0.2) is 18.3 Å². The van der Waals surface area contributed by atoms with Crippen molar-refractivity contribution < 1.29 is 4.79 Å². The Labute approximate surface area is 140 Å². The number of fused-ring (bicyclic) bond motifs is 1. The van der Waals surface area contributed by atoms with Gasteiger partial charge in [0.1, 0.15) is 10.7 Å². The standard InChI is InChI=1S/C17H22N4OS/c22-17(14-5-3-7-18-14)21-10-8-20(9-11-21)12-16-19-13-4-1-2-6-15(13)23-16/h3,5,7,18H,1-2,4,6,8-12H2. The minimum Gasteiger partial charge on any atom is -0.357 e. The third-order valence-corrected chi connectivity index (χ3v) is 5.88. The summed E-state index contributed by atoms with van der Waals surface area (Å²) in [5.41, 5.74) is 2.03. The minimum atomic E-state index is 0.111. The Hall–Kier alpha value is -1.66. The van der Waals surface area contributed by atoms with Gasteiger partial charge in [0.25, 0.3) is 5.91 Å². The van der Waals surface area contributed by atoms with Gasteiger partial charge in [0.05, 0.1) is 12.2 Å². The second-order valence-corrected chi connectivity index (χ2v) is 7.50. The first-order valence-corrected chi connectivity index (χ1v) is 9.24. The number of hydrogen-bond acceptors (Lipinski definition) is 4. The molecule has 0 aromatic carbocycles. The monoisotopic (exact) mass is 330 g/mol. The molecule has 0 radical (unpaired) electrons. The lowest BCUT2D eigenvalue weighted by atomic mass is 10.0. The number of nitrogens with one attached hydrogen (secondary N) is 1. The molecule has 1 N–H and O–H groups in total. The van der Waals surface area contributed by atoms with E-state index in [4.69, 9.17) is 4.98 Å². The molecule has 1 aliphatic carbocycles. The van der Waals surface area contributed by atoms with Crippen LogP contribution in [0.3, 0.4) is 0 Å². The maximum atomic E-state index is 12.3. The van der Waals surface area contributed by atoms with Crippen LogP contribution in [0, 0.1) is 0 Å². The van der Waals surface area contributed by atoms with Crippen LogP contribution in [0.25, 0.3) is 0 Å². The molecular weight excluding hydrogens is 308 g/mol. The Morgan fingerprint density at radius 1 is 1.22 bits per heavy atom. The number of carbonyl (C=O) groups is 1. The van der Waals surface area contributed by atoms with Gasteiger partial charge in [0.15, 0.2) is 0 Å². The topological polar surface area (TPSA) is 52.2 Å². The van der Waals surface area contributed by atoms with E-state index >= 15 is 0 Å². The van der Waals surface area contributed by atoms with E-state index in [-0.39, 0.29) is 5.91 Å². The molecule has 2 aliphatic rings. The Bertz CT molecular complexity index is 647. The van der Waals surface area contributed by atoms with Gasteiger partial charge >= 0.3 is 0 Å². The van der Waals surface area contributed by atoms with Gasteiger partial charge in [0, 0.05) is 37.3 Å². The average molecular weight is 330 g/mol. The van der Waals surface area contributed by atoms with Crippen molar-refractivity contribution in [1.82, 2.24) is 19.8 Å². The smallest absolute Gasteiger partial charge is 0.270 e. The number of aromatic nitrogens is 2. The molecule has 23 heavy (non-hydrogen) atoms. The van der Waals surface area contributed by atoms with E-state index in [1.807, 2.05) is 28.4 Å². The van der Waals surface area contributed by atoms with Crippen LogP contribution in [0.4, 0.5) is 0 Å². The second kappa shape index (κ2) is 6.45. The molecule has 0 saturated carbocycles. The van der Waals surface area contributed by atoms with Crippen LogP contribution in [0.5, 0.6) is 0 Å². The van der Waals surface area contributed by atoms with E-state index in [0.29, 0.717) is 5.69 Å². The fraction of sp³-hybridized carbons (Fsp3) is 0.529. The molecule has 6 heteroatoms. The number of thiazole rings is 1. The second-order valence-electron chi connectivity index (χ2n) is 6.34. The highest BCUT2D eigenvalue weighted by atomic mass is 32.1. The van der Waals surface area contributed by atoms with E-state index in [0.717, 1.165) is 39.1 Å². The van der Waals surface area contributed by atoms with Crippen molar-refractivity contribution in [1.29, 1.82) is 0 Å².